The van der Waals surface area contributed by atoms with Crippen LogP contribution in [0.25, 0.3) is 10.9 Å². The van der Waals surface area contributed by atoms with Crippen molar-refractivity contribution in [1.82, 2.24) is 10.2 Å². The van der Waals surface area contributed by atoms with Gasteiger partial charge in [0.1, 0.15) is 3.70 Å². The quantitative estimate of drug-likeness (QED) is 0.707. The standard InChI is InChI=1S/C8H6IN3O2/c9-7-5-2-1-4(10-8(13)14)3-6(5)11-12-7/h1-3,10H,(H,11,12)(H,13,14). The zero-order chi connectivity index (χ0) is 10.1. The summed E-state index contributed by atoms with van der Waals surface area (Å²) in [7, 11) is 0. The van der Waals surface area contributed by atoms with Gasteiger partial charge in [0, 0.05) is 11.1 Å². The lowest BCUT2D eigenvalue weighted by atomic mass is 10.2. The van der Waals surface area contributed by atoms with Gasteiger partial charge in [-0.25, -0.2) is 4.79 Å². The monoisotopic (exact) mass is 303 g/mol. The van der Waals surface area contributed by atoms with Gasteiger partial charge in [-0.2, -0.15) is 5.10 Å². The zero-order valence-corrected chi connectivity index (χ0v) is 9.07. The average molecular weight is 303 g/mol. The number of carboxylic acid groups (broad SMARTS) is 1. The molecule has 0 spiro atoms. The largest absolute Gasteiger partial charge is 0.465 e. The Hall–Kier alpha value is -1.31. The Bertz CT molecular complexity index is 494. The van der Waals surface area contributed by atoms with Gasteiger partial charge in [-0.1, -0.05) is 0 Å². The minimum absolute atomic E-state index is 0.521. The van der Waals surface area contributed by atoms with Crippen molar-refractivity contribution in [2.24, 2.45) is 0 Å². The van der Waals surface area contributed by atoms with E-state index in [-0.39, 0.29) is 0 Å². The highest BCUT2D eigenvalue weighted by molar-refractivity contribution is 14.1. The van der Waals surface area contributed by atoms with Crippen LogP contribution in [0.4, 0.5) is 10.5 Å². The fourth-order valence-corrected chi connectivity index (χ4v) is 1.76. The van der Waals surface area contributed by atoms with E-state index < -0.39 is 6.09 Å². The molecule has 3 N–H and O–H groups in total. The number of benzene rings is 1. The summed E-state index contributed by atoms with van der Waals surface area (Å²) in [4.78, 5) is 10.4. The summed E-state index contributed by atoms with van der Waals surface area (Å²) in [6.45, 7) is 0. The van der Waals surface area contributed by atoms with E-state index in [4.69, 9.17) is 5.11 Å². The molecule has 1 aromatic heterocycles. The van der Waals surface area contributed by atoms with Gasteiger partial charge in [0.05, 0.1) is 5.52 Å². The minimum atomic E-state index is -1.07. The normalized spacial score (nSPS) is 10.4. The van der Waals surface area contributed by atoms with Crippen molar-refractivity contribution in [3.63, 3.8) is 0 Å². The Morgan fingerprint density at radius 2 is 2.36 bits per heavy atom. The number of aromatic nitrogens is 2. The lowest BCUT2D eigenvalue weighted by molar-refractivity contribution is 0.210. The molecule has 0 unspecified atom stereocenters. The Balaban J connectivity index is 2.46. The fourth-order valence-electron chi connectivity index (χ4n) is 1.18. The second-order valence-electron chi connectivity index (χ2n) is 2.70. The SMILES string of the molecule is O=C(O)Nc1ccc2c(I)[nH]nc2c1. The van der Waals surface area contributed by atoms with Crippen LogP contribution in [0.5, 0.6) is 0 Å². The maximum atomic E-state index is 10.4. The third-order valence-electron chi connectivity index (χ3n) is 1.76. The van der Waals surface area contributed by atoms with E-state index in [1.165, 1.54) is 0 Å². The van der Waals surface area contributed by atoms with Crippen molar-refractivity contribution >= 4 is 45.3 Å². The summed E-state index contributed by atoms with van der Waals surface area (Å²) in [6, 6.07) is 5.21. The third-order valence-corrected chi connectivity index (χ3v) is 2.58. The summed E-state index contributed by atoms with van der Waals surface area (Å²) in [5.41, 5.74) is 1.27. The van der Waals surface area contributed by atoms with Crippen LogP contribution >= 0.6 is 22.6 Å². The van der Waals surface area contributed by atoms with Gasteiger partial charge in [-0.05, 0) is 40.8 Å². The van der Waals surface area contributed by atoms with Gasteiger partial charge in [0.2, 0.25) is 0 Å². The molecule has 0 bridgehead atoms. The van der Waals surface area contributed by atoms with Crippen molar-refractivity contribution in [3.05, 3.63) is 21.9 Å². The average Bonchev–Trinajstić information content (AvgIpc) is 2.46. The van der Waals surface area contributed by atoms with Crippen molar-refractivity contribution in [3.8, 4) is 0 Å². The predicted octanol–water partition coefficient (Wildman–Crippen LogP) is 2.26. The van der Waals surface area contributed by atoms with Crippen molar-refractivity contribution < 1.29 is 9.90 Å². The number of carbonyl (C=O) groups is 1. The van der Waals surface area contributed by atoms with Crippen molar-refractivity contribution in [2.75, 3.05) is 5.32 Å². The highest BCUT2D eigenvalue weighted by Crippen LogP contribution is 2.21. The van der Waals surface area contributed by atoms with Crippen LogP contribution in [0, 0.1) is 3.70 Å². The lowest BCUT2D eigenvalue weighted by Crippen LogP contribution is -2.06. The molecule has 1 aromatic carbocycles. The Morgan fingerprint density at radius 3 is 3.07 bits per heavy atom. The number of hydrogen-bond donors (Lipinski definition) is 3. The number of H-pyrrole nitrogens is 1. The maximum absolute atomic E-state index is 10.4. The molecule has 0 radical (unpaired) electrons. The highest BCUT2D eigenvalue weighted by Gasteiger charge is 2.04. The number of hydrogen-bond acceptors (Lipinski definition) is 2. The number of anilines is 1. The van der Waals surface area contributed by atoms with Crippen LogP contribution in [-0.4, -0.2) is 21.4 Å². The third kappa shape index (κ3) is 1.65. The number of nitrogens with one attached hydrogen (secondary N) is 2. The topological polar surface area (TPSA) is 78.0 Å². The molecule has 2 aromatic rings. The Labute approximate surface area is 92.6 Å². The molecule has 0 atom stereocenters. The molecule has 72 valence electrons. The van der Waals surface area contributed by atoms with E-state index in [2.05, 4.69) is 38.1 Å². The molecule has 2 rings (SSSR count). The molecule has 0 saturated carbocycles. The van der Waals surface area contributed by atoms with Crippen LogP contribution in [0.3, 0.4) is 0 Å². The first-order chi connectivity index (χ1) is 6.66. The molecule has 1 heterocycles. The maximum Gasteiger partial charge on any atom is 0.409 e. The minimum Gasteiger partial charge on any atom is -0.465 e. The van der Waals surface area contributed by atoms with Crippen molar-refractivity contribution in [2.45, 2.75) is 0 Å². The van der Waals surface area contributed by atoms with E-state index in [0.29, 0.717) is 5.69 Å². The van der Waals surface area contributed by atoms with E-state index in [9.17, 15) is 4.79 Å². The second-order valence-corrected chi connectivity index (χ2v) is 3.78. The molecule has 0 saturated heterocycles. The molecule has 0 aliphatic heterocycles. The van der Waals surface area contributed by atoms with E-state index in [1.54, 1.807) is 12.1 Å². The number of halogens is 1. The van der Waals surface area contributed by atoms with Gasteiger partial charge in [0.15, 0.2) is 0 Å². The van der Waals surface area contributed by atoms with Gasteiger partial charge in [-0.3, -0.25) is 10.4 Å². The number of fused-ring (bicyclic) bond motifs is 1. The summed E-state index contributed by atoms with van der Waals surface area (Å²) in [5, 5.41) is 18.6. The van der Waals surface area contributed by atoms with Crippen LogP contribution < -0.4 is 5.32 Å². The lowest BCUT2D eigenvalue weighted by Gasteiger charge is -1.98. The summed E-state index contributed by atoms with van der Waals surface area (Å²) in [5.74, 6) is 0. The number of aromatic amines is 1. The Kier molecular flexibility index (Phi) is 2.28. The number of amides is 1. The molecule has 14 heavy (non-hydrogen) atoms. The molecule has 6 heteroatoms. The van der Waals surface area contributed by atoms with Crippen LogP contribution in [-0.2, 0) is 0 Å². The van der Waals surface area contributed by atoms with Gasteiger partial charge < -0.3 is 5.11 Å². The summed E-state index contributed by atoms with van der Waals surface area (Å²) < 4.78 is 0.944. The van der Waals surface area contributed by atoms with Crippen molar-refractivity contribution in [1.29, 1.82) is 0 Å². The molecular formula is C8H6IN3O2. The molecular weight excluding hydrogens is 297 g/mol. The first-order valence-electron chi connectivity index (χ1n) is 3.80. The van der Waals surface area contributed by atoms with Crippen LogP contribution in [0.15, 0.2) is 18.2 Å². The molecule has 1 amide bonds. The Morgan fingerprint density at radius 1 is 1.57 bits per heavy atom. The summed E-state index contributed by atoms with van der Waals surface area (Å²) >= 11 is 2.14. The fraction of sp³-hybridized carbons (Fsp3) is 0. The first-order valence-corrected chi connectivity index (χ1v) is 4.88. The molecule has 0 fully saturated rings. The number of nitrogens with zero attached hydrogens (tertiary/aromatic N) is 1. The molecule has 0 aliphatic carbocycles. The van der Waals surface area contributed by atoms with Gasteiger partial charge in [0.25, 0.3) is 0 Å². The highest BCUT2D eigenvalue weighted by atomic mass is 127. The van der Waals surface area contributed by atoms with E-state index in [0.717, 1.165) is 14.6 Å². The van der Waals surface area contributed by atoms with E-state index >= 15 is 0 Å². The molecule has 0 aliphatic rings. The summed E-state index contributed by atoms with van der Waals surface area (Å²) in [6.07, 6.45) is -1.07. The van der Waals surface area contributed by atoms with Gasteiger partial charge >= 0.3 is 6.09 Å². The number of rotatable bonds is 1. The first kappa shape index (κ1) is 9.25. The predicted molar refractivity (Wildman–Crippen MR) is 60.5 cm³/mol. The zero-order valence-electron chi connectivity index (χ0n) is 6.91. The van der Waals surface area contributed by atoms with Gasteiger partial charge in [-0.15, -0.1) is 0 Å². The van der Waals surface area contributed by atoms with Crippen LogP contribution in [0.2, 0.25) is 0 Å². The second kappa shape index (κ2) is 3.45. The van der Waals surface area contributed by atoms with Crippen LogP contribution in [0.1, 0.15) is 0 Å². The van der Waals surface area contributed by atoms with E-state index in [1.807, 2.05) is 6.07 Å². The molecule has 5 nitrogen and oxygen atoms in total. The smallest absolute Gasteiger partial charge is 0.409 e.